The Kier molecular flexibility index (Phi) is 4.56. The van der Waals surface area contributed by atoms with Crippen molar-refractivity contribution in [3.63, 3.8) is 0 Å². The van der Waals surface area contributed by atoms with Crippen LogP contribution in [-0.2, 0) is 4.74 Å². The van der Waals surface area contributed by atoms with Gasteiger partial charge in [-0.3, -0.25) is 0 Å². The molecule has 2 aromatic rings. The summed E-state index contributed by atoms with van der Waals surface area (Å²) in [6.45, 7) is 5.26. The van der Waals surface area contributed by atoms with Gasteiger partial charge in [-0.25, -0.2) is 4.79 Å². The molecule has 0 heterocycles. The minimum absolute atomic E-state index is 0.0718. The number of ether oxygens (including phenoxy) is 1. The van der Waals surface area contributed by atoms with Gasteiger partial charge in [-0.1, -0.05) is 42.5 Å². The quantitative estimate of drug-likeness (QED) is 0.844. The van der Waals surface area contributed by atoms with Crippen LogP contribution in [0.5, 0.6) is 11.5 Å². The summed E-state index contributed by atoms with van der Waals surface area (Å²) in [4.78, 5) is 16.9. The van der Waals surface area contributed by atoms with Crippen LogP contribution in [0.15, 0.2) is 48.5 Å². The molecule has 0 bridgehead atoms. The molecular weight excluding hydrogens is 282 g/mol. The van der Waals surface area contributed by atoms with Gasteiger partial charge in [0.15, 0.2) is 5.75 Å². The lowest BCUT2D eigenvalue weighted by Gasteiger charge is -2.20. The summed E-state index contributed by atoms with van der Waals surface area (Å²) in [7, 11) is 0. The molecule has 22 heavy (non-hydrogen) atoms. The fourth-order valence-corrected chi connectivity index (χ4v) is 1.87. The second kappa shape index (κ2) is 6.39. The zero-order valence-corrected chi connectivity index (χ0v) is 12.8. The molecule has 1 amide bonds. The van der Waals surface area contributed by atoms with Crippen LogP contribution in [0.3, 0.4) is 0 Å². The summed E-state index contributed by atoms with van der Waals surface area (Å²) in [5.74, 6) is 0.0944. The highest BCUT2D eigenvalue weighted by molar-refractivity contribution is 5.74. The fourth-order valence-electron chi connectivity index (χ4n) is 1.87. The molecule has 0 fully saturated rings. The molecule has 0 radical (unpaired) electrons. The molecule has 0 aromatic heterocycles. The molecule has 2 rings (SSSR count). The van der Waals surface area contributed by atoms with Gasteiger partial charge in [-0.15, -0.1) is 0 Å². The lowest BCUT2D eigenvalue weighted by Crippen LogP contribution is -2.34. The van der Waals surface area contributed by atoms with Crippen LogP contribution in [0.2, 0.25) is 0 Å². The summed E-state index contributed by atoms with van der Waals surface area (Å²) in [6.07, 6.45) is -0.727. The van der Waals surface area contributed by atoms with E-state index in [4.69, 9.17) is 9.57 Å². The van der Waals surface area contributed by atoms with Crippen LogP contribution in [0.1, 0.15) is 20.8 Å². The summed E-state index contributed by atoms with van der Waals surface area (Å²) in [6, 6.07) is 14.4. The largest absolute Gasteiger partial charge is 0.504 e. The standard InChI is InChI=1S/C17H19NO4/c1-17(2,3)21-16(20)18-22-15-13(10-7-11-14(15)19)12-8-5-4-6-9-12/h4-11,19H,1-3H3,(H,18,20). The highest BCUT2D eigenvalue weighted by Crippen LogP contribution is 2.36. The molecule has 0 spiro atoms. The zero-order chi connectivity index (χ0) is 16.2. The molecule has 116 valence electrons. The SMILES string of the molecule is CC(C)(C)OC(=O)NOc1c(O)cccc1-c1ccccc1. The third kappa shape index (κ3) is 4.15. The predicted molar refractivity (Wildman–Crippen MR) is 83.5 cm³/mol. The molecule has 0 atom stereocenters. The van der Waals surface area contributed by atoms with Crippen molar-refractivity contribution in [3.05, 3.63) is 48.5 Å². The monoisotopic (exact) mass is 301 g/mol. The molecular formula is C17H19NO4. The summed E-state index contributed by atoms with van der Waals surface area (Å²) in [5.41, 5.74) is 3.08. The first kappa shape index (κ1) is 15.7. The number of carbonyl (C=O) groups excluding carboxylic acids is 1. The van der Waals surface area contributed by atoms with Crippen molar-refractivity contribution in [1.82, 2.24) is 5.48 Å². The lowest BCUT2D eigenvalue weighted by molar-refractivity contribution is 0.0284. The van der Waals surface area contributed by atoms with Crippen LogP contribution in [-0.4, -0.2) is 16.8 Å². The number of rotatable bonds is 3. The van der Waals surface area contributed by atoms with Crippen molar-refractivity contribution in [2.24, 2.45) is 0 Å². The fraction of sp³-hybridized carbons (Fsp3) is 0.235. The number of amides is 1. The van der Waals surface area contributed by atoms with Gasteiger partial charge in [0.2, 0.25) is 5.75 Å². The maximum absolute atomic E-state index is 11.7. The Morgan fingerprint density at radius 3 is 2.36 bits per heavy atom. The smallest absolute Gasteiger partial charge is 0.441 e. The van der Waals surface area contributed by atoms with E-state index in [2.05, 4.69) is 5.48 Å². The van der Waals surface area contributed by atoms with E-state index in [0.29, 0.717) is 5.56 Å². The minimum atomic E-state index is -0.727. The van der Waals surface area contributed by atoms with Gasteiger partial charge >= 0.3 is 6.09 Å². The second-order valence-corrected chi connectivity index (χ2v) is 5.73. The van der Waals surface area contributed by atoms with E-state index in [1.807, 2.05) is 30.3 Å². The van der Waals surface area contributed by atoms with Crippen molar-refractivity contribution in [3.8, 4) is 22.6 Å². The maximum atomic E-state index is 11.7. The third-order valence-corrected chi connectivity index (χ3v) is 2.71. The van der Waals surface area contributed by atoms with Gasteiger partial charge in [0, 0.05) is 5.56 Å². The molecule has 0 unspecified atom stereocenters. The van der Waals surface area contributed by atoms with E-state index in [0.717, 1.165) is 5.56 Å². The van der Waals surface area contributed by atoms with Crippen LogP contribution >= 0.6 is 0 Å². The van der Waals surface area contributed by atoms with E-state index in [-0.39, 0.29) is 11.5 Å². The van der Waals surface area contributed by atoms with Crippen molar-refractivity contribution >= 4 is 6.09 Å². The first-order valence-electron chi connectivity index (χ1n) is 6.90. The highest BCUT2D eigenvalue weighted by Gasteiger charge is 2.18. The van der Waals surface area contributed by atoms with Crippen molar-refractivity contribution in [2.75, 3.05) is 0 Å². The summed E-state index contributed by atoms with van der Waals surface area (Å²) in [5, 5.41) is 9.98. The number of carbonyl (C=O) groups is 1. The van der Waals surface area contributed by atoms with Crippen molar-refractivity contribution in [1.29, 1.82) is 0 Å². The Bertz CT molecular complexity index is 647. The number of para-hydroxylation sites is 1. The minimum Gasteiger partial charge on any atom is -0.504 e. The van der Waals surface area contributed by atoms with Gasteiger partial charge < -0.3 is 14.7 Å². The molecule has 0 saturated heterocycles. The Morgan fingerprint density at radius 2 is 1.73 bits per heavy atom. The highest BCUT2D eigenvalue weighted by atomic mass is 16.7. The normalized spacial score (nSPS) is 10.9. The molecule has 2 aromatic carbocycles. The molecule has 0 aliphatic carbocycles. The van der Waals surface area contributed by atoms with Gasteiger partial charge in [0.1, 0.15) is 5.60 Å². The third-order valence-electron chi connectivity index (χ3n) is 2.71. The average molecular weight is 301 g/mol. The van der Waals surface area contributed by atoms with Gasteiger partial charge in [0.05, 0.1) is 0 Å². The van der Waals surface area contributed by atoms with Crippen LogP contribution in [0.25, 0.3) is 11.1 Å². The van der Waals surface area contributed by atoms with Crippen molar-refractivity contribution < 1.29 is 19.5 Å². The molecule has 5 nitrogen and oxygen atoms in total. The number of hydroxylamine groups is 1. The van der Waals surface area contributed by atoms with Gasteiger partial charge in [-0.05, 0) is 32.4 Å². The van der Waals surface area contributed by atoms with E-state index in [9.17, 15) is 9.90 Å². The summed E-state index contributed by atoms with van der Waals surface area (Å²) >= 11 is 0. The molecule has 0 aliphatic rings. The number of phenolic OH excluding ortho intramolecular Hbond substituents is 1. The second-order valence-electron chi connectivity index (χ2n) is 5.73. The number of benzene rings is 2. The number of aromatic hydroxyl groups is 1. The molecule has 5 heteroatoms. The topological polar surface area (TPSA) is 67.8 Å². The van der Waals surface area contributed by atoms with Crippen LogP contribution < -0.4 is 10.3 Å². The lowest BCUT2D eigenvalue weighted by atomic mass is 10.0. The summed E-state index contributed by atoms with van der Waals surface area (Å²) < 4.78 is 5.09. The molecule has 0 saturated carbocycles. The Balaban J connectivity index is 2.19. The Labute approximate surface area is 129 Å². The molecule has 2 N–H and O–H groups in total. The van der Waals surface area contributed by atoms with E-state index in [1.54, 1.807) is 32.9 Å². The first-order chi connectivity index (χ1) is 10.4. The Morgan fingerprint density at radius 1 is 1.05 bits per heavy atom. The number of phenols is 1. The molecule has 0 aliphatic heterocycles. The van der Waals surface area contributed by atoms with Gasteiger partial charge in [0.25, 0.3) is 0 Å². The van der Waals surface area contributed by atoms with E-state index < -0.39 is 11.7 Å². The first-order valence-corrected chi connectivity index (χ1v) is 6.90. The van der Waals surface area contributed by atoms with E-state index in [1.165, 1.54) is 6.07 Å². The average Bonchev–Trinajstić information content (AvgIpc) is 2.45. The van der Waals surface area contributed by atoms with Gasteiger partial charge in [-0.2, -0.15) is 5.48 Å². The predicted octanol–water partition coefficient (Wildman–Crippen LogP) is 3.88. The van der Waals surface area contributed by atoms with Crippen molar-refractivity contribution in [2.45, 2.75) is 26.4 Å². The van der Waals surface area contributed by atoms with Crippen LogP contribution in [0, 0.1) is 0 Å². The Hall–Kier alpha value is -2.69. The zero-order valence-electron chi connectivity index (χ0n) is 12.8. The number of nitrogens with one attached hydrogen (secondary N) is 1. The van der Waals surface area contributed by atoms with Crippen LogP contribution in [0.4, 0.5) is 4.79 Å². The maximum Gasteiger partial charge on any atom is 0.441 e. The number of hydrogen-bond acceptors (Lipinski definition) is 4. The number of hydrogen-bond donors (Lipinski definition) is 2. The van der Waals surface area contributed by atoms with E-state index >= 15 is 0 Å².